The third-order valence-electron chi connectivity index (χ3n) is 3.12. The molecule has 8 heteroatoms. The zero-order chi connectivity index (χ0) is 17.0. The number of nitrogens with zero attached hydrogens (tertiary/aromatic N) is 4. The van der Waals surface area contributed by atoms with Gasteiger partial charge in [0.2, 0.25) is 5.95 Å². The number of hydrogen-bond acceptors (Lipinski definition) is 7. The molecule has 8 nitrogen and oxygen atoms in total. The minimum atomic E-state index is -0.521. The van der Waals surface area contributed by atoms with E-state index in [9.17, 15) is 4.79 Å². The number of aryl methyl sites for hydroxylation is 1. The fraction of sp³-hybridized carbons (Fsp3) is 0.267. The van der Waals surface area contributed by atoms with Crippen molar-refractivity contribution in [2.45, 2.75) is 6.92 Å². The molecule has 120 valence electrons. The van der Waals surface area contributed by atoms with Crippen molar-refractivity contribution in [1.82, 2.24) is 14.5 Å². The van der Waals surface area contributed by atoms with Gasteiger partial charge >= 0.3 is 5.69 Å². The van der Waals surface area contributed by atoms with Crippen LogP contribution < -0.4 is 26.0 Å². The predicted octanol–water partition coefficient (Wildman–Crippen LogP) is 0.266. The van der Waals surface area contributed by atoms with Crippen molar-refractivity contribution in [3.05, 3.63) is 34.5 Å². The molecule has 1 heterocycles. The molecule has 0 atom stereocenters. The minimum Gasteiger partial charge on any atom is -0.493 e. The van der Waals surface area contributed by atoms with Crippen LogP contribution in [-0.2, 0) is 0 Å². The first kappa shape index (κ1) is 16.3. The van der Waals surface area contributed by atoms with Crippen LogP contribution in [0.5, 0.6) is 11.5 Å². The Kier molecular flexibility index (Phi) is 4.83. The smallest absolute Gasteiger partial charge is 0.356 e. The second-order valence-corrected chi connectivity index (χ2v) is 4.56. The van der Waals surface area contributed by atoms with Crippen LogP contribution in [0.2, 0.25) is 0 Å². The Morgan fingerprint density at radius 3 is 2.57 bits per heavy atom. The molecular formula is C15H17N5O3. The fourth-order valence-corrected chi connectivity index (χ4v) is 2.05. The van der Waals surface area contributed by atoms with Gasteiger partial charge < -0.3 is 9.47 Å². The Labute approximate surface area is 133 Å². The lowest BCUT2D eigenvalue weighted by atomic mass is 10.2. The van der Waals surface area contributed by atoms with E-state index in [4.69, 9.17) is 21.7 Å². The molecule has 0 aliphatic rings. The SMILES string of the molecule is C#CCN(N)c1nc(C)n(-c2ccc(OC)c(OC)c2)c(=O)n1. The molecule has 0 aliphatic heterocycles. The molecule has 0 amide bonds. The zero-order valence-corrected chi connectivity index (χ0v) is 13.1. The highest BCUT2D eigenvalue weighted by Crippen LogP contribution is 2.28. The number of aromatic nitrogens is 3. The summed E-state index contributed by atoms with van der Waals surface area (Å²) in [7, 11) is 3.05. The molecular weight excluding hydrogens is 298 g/mol. The highest BCUT2D eigenvalue weighted by atomic mass is 16.5. The standard InChI is InChI=1S/C15H17N5O3/c1-5-8-19(16)14-17-10(2)20(15(21)18-14)11-6-7-12(22-3)13(9-11)23-4/h1,6-7,9H,8,16H2,2-4H3. The molecule has 2 aromatic rings. The van der Waals surface area contributed by atoms with E-state index in [1.54, 1.807) is 25.1 Å². The molecule has 23 heavy (non-hydrogen) atoms. The lowest BCUT2D eigenvalue weighted by molar-refractivity contribution is 0.355. The van der Waals surface area contributed by atoms with Gasteiger partial charge in [-0.15, -0.1) is 6.42 Å². The monoisotopic (exact) mass is 315 g/mol. The van der Waals surface area contributed by atoms with Gasteiger partial charge in [-0.1, -0.05) is 5.92 Å². The predicted molar refractivity (Wildman–Crippen MR) is 85.8 cm³/mol. The van der Waals surface area contributed by atoms with E-state index in [1.165, 1.54) is 18.8 Å². The summed E-state index contributed by atoms with van der Waals surface area (Å²) >= 11 is 0. The van der Waals surface area contributed by atoms with E-state index < -0.39 is 5.69 Å². The molecule has 0 saturated heterocycles. The number of rotatable bonds is 5. The van der Waals surface area contributed by atoms with Gasteiger partial charge in [-0.25, -0.2) is 15.2 Å². The van der Waals surface area contributed by atoms with Crippen molar-refractivity contribution in [3.63, 3.8) is 0 Å². The molecule has 1 aromatic carbocycles. The number of benzene rings is 1. The van der Waals surface area contributed by atoms with Crippen molar-refractivity contribution in [2.75, 3.05) is 25.8 Å². The van der Waals surface area contributed by atoms with Crippen molar-refractivity contribution in [2.24, 2.45) is 5.84 Å². The maximum atomic E-state index is 12.3. The molecule has 0 bridgehead atoms. The molecule has 0 aliphatic carbocycles. The van der Waals surface area contributed by atoms with Gasteiger partial charge in [0.15, 0.2) is 11.5 Å². The molecule has 2 N–H and O–H groups in total. The number of terminal acetylenes is 1. The van der Waals surface area contributed by atoms with Crippen molar-refractivity contribution in [3.8, 4) is 29.5 Å². The van der Waals surface area contributed by atoms with Gasteiger partial charge in [0.05, 0.1) is 26.5 Å². The van der Waals surface area contributed by atoms with Crippen LogP contribution in [-0.4, -0.2) is 35.3 Å². The van der Waals surface area contributed by atoms with Gasteiger partial charge in [-0.3, -0.25) is 5.01 Å². The number of anilines is 1. The van der Waals surface area contributed by atoms with Gasteiger partial charge in [-0.2, -0.15) is 9.97 Å². The van der Waals surface area contributed by atoms with Gasteiger partial charge in [0.1, 0.15) is 5.82 Å². The minimum absolute atomic E-state index is 0.0715. The third kappa shape index (κ3) is 3.25. The number of methoxy groups -OCH3 is 2. The Hall–Kier alpha value is -3.05. The first-order chi connectivity index (χ1) is 11.0. The Morgan fingerprint density at radius 2 is 2.00 bits per heavy atom. The lowest BCUT2D eigenvalue weighted by Crippen LogP contribution is -2.36. The Morgan fingerprint density at radius 1 is 1.30 bits per heavy atom. The molecule has 0 radical (unpaired) electrons. The van der Waals surface area contributed by atoms with E-state index in [2.05, 4.69) is 15.9 Å². The van der Waals surface area contributed by atoms with Crippen LogP contribution in [0.4, 0.5) is 5.95 Å². The number of hydrogen-bond donors (Lipinski definition) is 1. The van der Waals surface area contributed by atoms with E-state index in [1.807, 2.05) is 0 Å². The fourth-order valence-electron chi connectivity index (χ4n) is 2.05. The molecule has 2 rings (SSSR count). The van der Waals surface area contributed by atoms with Crippen LogP contribution >= 0.6 is 0 Å². The second kappa shape index (κ2) is 6.81. The topological polar surface area (TPSA) is 95.5 Å². The average molecular weight is 315 g/mol. The average Bonchev–Trinajstić information content (AvgIpc) is 2.54. The molecule has 0 fully saturated rings. The van der Waals surface area contributed by atoms with Gasteiger partial charge in [-0.05, 0) is 19.1 Å². The number of ether oxygens (including phenoxy) is 2. The van der Waals surface area contributed by atoms with Crippen LogP contribution in [0.3, 0.4) is 0 Å². The Bertz CT molecular complexity index is 810. The largest absolute Gasteiger partial charge is 0.493 e. The molecule has 1 aromatic heterocycles. The highest BCUT2D eigenvalue weighted by Gasteiger charge is 2.13. The number of nitrogens with two attached hydrogens (primary N) is 1. The molecule has 0 unspecified atom stereocenters. The van der Waals surface area contributed by atoms with Crippen LogP contribution in [0.25, 0.3) is 5.69 Å². The summed E-state index contributed by atoms with van der Waals surface area (Å²) in [4.78, 5) is 20.4. The summed E-state index contributed by atoms with van der Waals surface area (Å²) in [6, 6.07) is 5.07. The summed E-state index contributed by atoms with van der Waals surface area (Å²) in [5.41, 5.74) is 0.0319. The van der Waals surface area contributed by atoms with Crippen LogP contribution in [0.15, 0.2) is 23.0 Å². The van der Waals surface area contributed by atoms with Gasteiger partial charge in [0.25, 0.3) is 0 Å². The number of hydrazine groups is 1. The summed E-state index contributed by atoms with van der Waals surface area (Å²) in [6.07, 6.45) is 5.19. The molecule has 0 spiro atoms. The Balaban J connectivity index is 2.53. The third-order valence-corrected chi connectivity index (χ3v) is 3.12. The van der Waals surface area contributed by atoms with Crippen molar-refractivity contribution >= 4 is 5.95 Å². The second-order valence-electron chi connectivity index (χ2n) is 4.56. The quantitative estimate of drug-likeness (QED) is 0.480. The highest BCUT2D eigenvalue weighted by molar-refractivity contribution is 5.49. The summed E-state index contributed by atoms with van der Waals surface area (Å²) in [5, 5.41) is 1.13. The first-order valence-corrected chi connectivity index (χ1v) is 6.67. The molecule has 0 saturated carbocycles. The normalized spacial score (nSPS) is 10.0. The lowest BCUT2D eigenvalue weighted by Gasteiger charge is -2.16. The van der Waals surface area contributed by atoms with E-state index in [0.29, 0.717) is 23.0 Å². The van der Waals surface area contributed by atoms with E-state index in [-0.39, 0.29) is 12.5 Å². The first-order valence-electron chi connectivity index (χ1n) is 6.67. The summed E-state index contributed by atoms with van der Waals surface area (Å²) in [5.74, 6) is 9.60. The van der Waals surface area contributed by atoms with E-state index >= 15 is 0 Å². The maximum Gasteiger partial charge on any atom is 0.356 e. The van der Waals surface area contributed by atoms with Crippen molar-refractivity contribution in [1.29, 1.82) is 0 Å². The summed E-state index contributed by atoms with van der Waals surface area (Å²) in [6.45, 7) is 1.77. The van der Waals surface area contributed by atoms with Crippen LogP contribution in [0, 0.1) is 19.3 Å². The zero-order valence-electron chi connectivity index (χ0n) is 13.1. The van der Waals surface area contributed by atoms with E-state index in [0.717, 1.165) is 5.01 Å². The van der Waals surface area contributed by atoms with Gasteiger partial charge in [0, 0.05) is 6.07 Å². The van der Waals surface area contributed by atoms with Crippen LogP contribution in [0.1, 0.15) is 5.82 Å². The van der Waals surface area contributed by atoms with Crippen molar-refractivity contribution < 1.29 is 9.47 Å². The summed E-state index contributed by atoms with van der Waals surface area (Å²) < 4.78 is 11.8. The maximum absolute atomic E-state index is 12.3.